The first-order valence-electron chi connectivity index (χ1n) is 13.0. The fourth-order valence-corrected chi connectivity index (χ4v) is 4.68. The van der Waals surface area contributed by atoms with Crippen LogP contribution in [0.4, 0.5) is 16.2 Å². The summed E-state index contributed by atoms with van der Waals surface area (Å²) in [6.45, 7) is 3.09. The van der Waals surface area contributed by atoms with Gasteiger partial charge in [0.2, 0.25) is 11.8 Å². The monoisotopic (exact) mass is 492 g/mol. The molecule has 2 aromatic carbocycles. The van der Waals surface area contributed by atoms with Gasteiger partial charge in [0.05, 0.1) is 13.0 Å². The molecule has 0 saturated carbocycles. The second-order valence-corrected chi connectivity index (χ2v) is 9.46. The first-order chi connectivity index (χ1) is 17.6. The van der Waals surface area contributed by atoms with E-state index in [4.69, 9.17) is 4.74 Å². The van der Waals surface area contributed by atoms with Gasteiger partial charge >= 0.3 is 6.03 Å². The van der Waals surface area contributed by atoms with Crippen molar-refractivity contribution in [3.8, 4) is 5.75 Å². The molecule has 36 heavy (non-hydrogen) atoms. The fraction of sp³-hybridized carbons (Fsp3) is 0.464. The molecule has 8 heteroatoms. The molecule has 4 amide bonds. The van der Waals surface area contributed by atoms with Gasteiger partial charge in [-0.2, -0.15) is 0 Å². The first-order valence-corrected chi connectivity index (χ1v) is 13.0. The van der Waals surface area contributed by atoms with Crippen LogP contribution in [0, 0.1) is 5.92 Å². The van der Waals surface area contributed by atoms with Gasteiger partial charge in [-0.3, -0.25) is 9.59 Å². The minimum absolute atomic E-state index is 0.0316. The molecule has 0 atom stereocenters. The highest BCUT2D eigenvalue weighted by atomic mass is 16.5. The average molecular weight is 493 g/mol. The number of piperidine rings is 1. The van der Waals surface area contributed by atoms with Gasteiger partial charge in [0.25, 0.3) is 0 Å². The molecule has 2 fully saturated rings. The highest BCUT2D eigenvalue weighted by Crippen LogP contribution is 2.22. The molecule has 192 valence electrons. The summed E-state index contributed by atoms with van der Waals surface area (Å²) in [7, 11) is 0. The number of ether oxygens (including phenoxy) is 1. The zero-order chi connectivity index (χ0) is 25.2. The van der Waals surface area contributed by atoms with Crippen LogP contribution in [-0.2, 0) is 9.59 Å². The molecule has 2 aromatic rings. The Morgan fingerprint density at radius 1 is 0.750 bits per heavy atom. The number of anilines is 2. The summed E-state index contributed by atoms with van der Waals surface area (Å²) in [4.78, 5) is 41.4. The number of hydrogen-bond donors (Lipinski definition) is 2. The lowest BCUT2D eigenvalue weighted by molar-refractivity contribution is -0.135. The van der Waals surface area contributed by atoms with Crippen LogP contribution in [0.5, 0.6) is 5.75 Å². The van der Waals surface area contributed by atoms with Crippen molar-refractivity contribution in [2.45, 2.75) is 44.9 Å². The number of carbonyl (C=O) groups is 3. The molecule has 8 nitrogen and oxygen atoms in total. The summed E-state index contributed by atoms with van der Waals surface area (Å²) in [5, 5.41) is 5.93. The maximum atomic E-state index is 12.8. The number of nitrogens with one attached hydrogen (secondary N) is 2. The van der Waals surface area contributed by atoms with Crippen molar-refractivity contribution in [1.29, 1.82) is 0 Å². The third kappa shape index (κ3) is 7.47. The van der Waals surface area contributed by atoms with Crippen molar-refractivity contribution < 1.29 is 19.1 Å². The molecule has 2 aliphatic rings. The standard InChI is InChI=1S/C28H36N4O4/c33-26(16-21-36-25-8-4-3-5-9-25)31-19-14-22(15-20-31)27(34)29-23-10-12-24(13-11-23)30-28(35)32-17-6-1-2-7-18-32/h3-5,8-13,22H,1-2,6-7,14-21H2,(H,29,34)(H,30,35). The average Bonchev–Trinajstić information content (AvgIpc) is 3.20. The SMILES string of the molecule is O=C(Nc1ccc(NC(=O)N2CCCCCC2)cc1)C1CCN(C(=O)CCOc2ccccc2)CC1. The smallest absolute Gasteiger partial charge is 0.321 e. The van der Waals surface area contributed by atoms with Crippen molar-refractivity contribution in [3.05, 3.63) is 54.6 Å². The largest absolute Gasteiger partial charge is 0.493 e. The Kier molecular flexibility index (Phi) is 9.19. The van der Waals surface area contributed by atoms with Crippen LogP contribution in [0.3, 0.4) is 0 Å². The molecule has 2 heterocycles. The Labute approximate surface area is 213 Å². The van der Waals surface area contributed by atoms with Gasteiger partial charge in [0.1, 0.15) is 5.75 Å². The molecule has 4 rings (SSSR count). The lowest BCUT2D eigenvalue weighted by Crippen LogP contribution is -2.41. The second-order valence-electron chi connectivity index (χ2n) is 9.46. The summed E-state index contributed by atoms with van der Waals surface area (Å²) in [6, 6.07) is 16.6. The lowest BCUT2D eigenvalue weighted by atomic mass is 9.95. The van der Waals surface area contributed by atoms with E-state index >= 15 is 0 Å². The highest BCUT2D eigenvalue weighted by molar-refractivity contribution is 5.94. The summed E-state index contributed by atoms with van der Waals surface area (Å²) < 4.78 is 5.62. The van der Waals surface area contributed by atoms with Gasteiger partial charge in [0, 0.05) is 43.5 Å². The Hall–Kier alpha value is -3.55. The second kappa shape index (κ2) is 13.0. The lowest BCUT2D eigenvalue weighted by Gasteiger charge is -2.31. The Morgan fingerprint density at radius 3 is 2.00 bits per heavy atom. The van der Waals surface area contributed by atoms with Gasteiger partial charge in [-0.25, -0.2) is 4.79 Å². The minimum atomic E-state index is -0.128. The van der Waals surface area contributed by atoms with Crippen LogP contribution in [0.15, 0.2) is 54.6 Å². The first kappa shape index (κ1) is 25.5. The zero-order valence-corrected chi connectivity index (χ0v) is 20.8. The summed E-state index contributed by atoms with van der Waals surface area (Å²) in [6.07, 6.45) is 6.06. The molecule has 0 spiro atoms. The van der Waals surface area contributed by atoms with Crippen LogP contribution in [-0.4, -0.2) is 60.4 Å². The van der Waals surface area contributed by atoms with E-state index < -0.39 is 0 Å². The fourth-order valence-electron chi connectivity index (χ4n) is 4.68. The number of hydrogen-bond acceptors (Lipinski definition) is 4. The van der Waals surface area contributed by atoms with E-state index in [0.717, 1.165) is 31.7 Å². The van der Waals surface area contributed by atoms with Crippen LogP contribution in [0.1, 0.15) is 44.9 Å². The molecule has 0 unspecified atom stereocenters. The zero-order valence-electron chi connectivity index (χ0n) is 20.8. The van der Waals surface area contributed by atoms with Gasteiger partial charge in [-0.05, 0) is 62.1 Å². The van der Waals surface area contributed by atoms with E-state index in [1.165, 1.54) is 12.8 Å². The minimum Gasteiger partial charge on any atom is -0.493 e. The van der Waals surface area contributed by atoms with Crippen molar-refractivity contribution >= 4 is 29.2 Å². The number of nitrogens with zero attached hydrogens (tertiary/aromatic N) is 2. The highest BCUT2D eigenvalue weighted by Gasteiger charge is 2.27. The molecule has 0 radical (unpaired) electrons. The molecule has 2 saturated heterocycles. The normalized spacial score (nSPS) is 16.7. The van der Waals surface area contributed by atoms with Crippen molar-refractivity contribution in [3.63, 3.8) is 0 Å². The third-order valence-corrected chi connectivity index (χ3v) is 6.84. The molecular weight excluding hydrogens is 456 g/mol. The van der Waals surface area contributed by atoms with E-state index in [0.29, 0.717) is 50.3 Å². The van der Waals surface area contributed by atoms with Gasteiger partial charge in [0.15, 0.2) is 0 Å². The number of amides is 4. The van der Waals surface area contributed by atoms with E-state index in [9.17, 15) is 14.4 Å². The number of rotatable bonds is 7. The number of urea groups is 1. The molecular formula is C28H36N4O4. The predicted molar refractivity (Wildman–Crippen MR) is 140 cm³/mol. The third-order valence-electron chi connectivity index (χ3n) is 6.84. The van der Waals surface area contributed by atoms with E-state index in [-0.39, 0.29) is 23.8 Å². The number of likely N-dealkylation sites (tertiary alicyclic amines) is 2. The van der Waals surface area contributed by atoms with Gasteiger partial charge in [-0.15, -0.1) is 0 Å². The Bertz CT molecular complexity index is 996. The predicted octanol–water partition coefficient (Wildman–Crippen LogP) is 4.74. The van der Waals surface area contributed by atoms with E-state index in [1.807, 2.05) is 52.3 Å². The van der Waals surface area contributed by atoms with Crippen LogP contribution < -0.4 is 15.4 Å². The molecule has 0 aliphatic carbocycles. The quantitative estimate of drug-likeness (QED) is 0.584. The summed E-state index contributed by atoms with van der Waals surface area (Å²) >= 11 is 0. The van der Waals surface area contributed by atoms with Gasteiger partial charge in [-0.1, -0.05) is 31.0 Å². The van der Waals surface area contributed by atoms with E-state index in [1.54, 1.807) is 12.1 Å². The van der Waals surface area contributed by atoms with Crippen molar-refractivity contribution in [2.75, 3.05) is 43.4 Å². The molecule has 0 bridgehead atoms. The number of para-hydroxylation sites is 1. The Morgan fingerprint density at radius 2 is 1.36 bits per heavy atom. The Balaban J connectivity index is 1.17. The van der Waals surface area contributed by atoms with Crippen LogP contribution >= 0.6 is 0 Å². The molecule has 2 N–H and O–H groups in total. The van der Waals surface area contributed by atoms with Crippen LogP contribution in [0.2, 0.25) is 0 Å². The molecule has 0 aromatic heterocycles. The van der Waals surface area contributed by atoms with E-state index in [2.05, 4.69) is 10.6 Å². The topological polar surface area (TPSA) is 91.0 Å². The van der Waals surface area contributed by atoms with Crippen molar-refractivity contribution in [2.24, 2.45) is 5.92 Å². The summed E-state index contributed by atoms with van der Waals surface area (Å²) in [5.41, 5.74) is 1.41. The summed E-state index contributed by atoms with van der Waals surface area (Å²) in [5.74, 6) is 0.656. The maximum Gasteiger partial charge on any atom is 0.321 e. The van der Waals surface area contributed by atoms with Crippen molar-refractivity contribution in [1.82, 2.24) is 9.80 Å². The van der Waals surface area contributed by atoms with Crippen LogP contribution in [0.25, 0.3) is 0 Å². The number of benzene rings is 2. The molecule has 2 aliphatic heterocycles. The van der Waals surface area contributed by atoms with Gasteiger partial charge < -0.3 is 25.2 Å². The number of carbonyl (C=O) groups excluding carboxylic acids is 3. The maximum absolute atomic E-state index is 12.8.